The summed E-state index contributed by atoms with van der Waals surface area (Å²) in [5, 5.41) is 14.9. The van der Waals surface area contributed by atoms with Crippen LogP contribution in [0.15, 0.2) is 36.8 Å². The van der Waals surface area contributed by atoms with Gasteiger partial charge in [-0.2, -0.15) is 19.1 Å². The van der Waals surface area contributed by atoms with Crippen LogP contribution in [-0.2, 0) is 16.0 Å². The first-order valence-corrected chi connectivity index (χ1v) is 11.2. The maximum atomic E-state index is 13.6. The molecule has 0 aromatic carbocycles. The quantitative estimate of drug-likeness (QED) is 0.553. The normalized spacial score (nSPS) is 23.3. The zero-order chi connectivity index (χ0) is 25.4. The fourth-order valence-electron chi connectivity index (χ4n) is 5.10. The molecule has 1 amide bonds. The highest BCUT2D eigenvalue weighted by molar-refractivity contribution is 5.78. The molecule has 2 unspecified atom stereocenters. The van der Waals surface area contributed by atoms with Crippen LogP contribution < -0.4 is 10.5 Å². The minimum absolute atomic E-state index is 0.158. The summed E-state index contributed by atoms with van der Waals surface area (Å²) >= 11 is 0. The number of fused-ring (bicyclic) bond motifs is 1. The van der Waals surface area contributed by atoms with Gasteiger partial charge in [-0.25, -0.2) is 14.1 Å². The Labute approximate surface area is 203 Å². The van der Waals surface area contributed by atoms with Gasteiger partial charge < -0.3 is 15.2 Å². The lowest BCUT2D eigenvalue weighted by Crippen LogP contribution is -2.38. The molecule has 2 N–H and O–H groups in total. The highest BCUT2D eigenvalue weighted by atomic mass is 19.3. The molecule has 0 saturated carbocycles. The maximum absolute atomic E-state index is 13.6. The van der Waals surface area contributed by atoms with Gasteiger partial charge in [0, 0.05) is 42.2 Å². The maximum Gasteiger partial charge on any atom is 0.387 e. The van der Waals surface area contributed by atoms with Crippen molar-refractivity contribution in [1.29, 1.82) is 5.26 Å². The number of carbonyl (C=O) groups is 1. The van der Waals surface area contributed by atoms with Crippen molar-refractivity contribution in [1.82, 2.24) is 19.7 Å². The number of primary amides is 1. The van der Waals surface area contributed by atoms with Gasteiger partial charge in [-0.05, 0) is 31.0 Å². The van der Waals surface area contributed by atoms with Crippen molar-refractivity contribution in [3.05, 3.63) is 53.9 Å². The predicted molar refractivity (Wildman–Crippen MR) is 118 cm³/mol. The molecule has 2 aliphatic rings. The molecular weight excluding hydrogens is 477 g/mol. The first-order valence-electron chi connectivity index (χ1n) is 11.2. The smallest absolute Gasteiger partial charge is 0.387 e. The van der Waals surface area contributed by atoms with E-state index in [1.807, 2.05) is 0 Å². The lowest BCUT2D eigenvalue weighted by molar-refractivity contribution is -0.122. The molecule has 1 aliphatic heterocycles. The molecule has 1 aliphatic carbocycles. The summed E-state index contributed by atoms with van der Waals surface area (Å²) in [4.78, 5) is 20.5. The molecule has 36 heavy (non-hydrogen) atoms. The van der Waals surface area contributed by atoms with Crippen molar-refractivity contribution in [2.45, 2.75) is 31.8 Å². The summed E-state index contributed by atoms with van der Waals surface area (Å²) in [5.74, 6) is -2.04. The minimum Gasteiger partial charge on any atom is -0.433 e. The van der Waals surface area contributed by atoms with Gasteiger partial charge in [0.15, 0.2) is 5.82 Å². The van der Waals surface area contributed by atoms with E-state index in [4.69, 9.17) is 15.6 Å². The Kier molecular flexibility index (Phi) is 6.09. The minimum atomic E-state index is -3.04. The molecule has 4 heterocycles. The van der Waals surface area contributed by atoms with Gasteiger partial charge in [-0.3, -0.25) is 9.78 Å². The number of ether oxygens (including phenoxy) is 2. The third kappa shape index (κ3) is 4.15. The molecule has 186 valence electrons. The zero-order valence-electron chi connectivity index (χ0n) is 18.9. The highest BCUT2D eigenvalue weighted by Gasteiger charge is 2.50. The topological polar surface area (TPSA) is 129 Å². The van der Waals surface area contributed by atoms with Gasteiger partial charge in [-0.15, -0.1) is 0 Å². The number of carbonyl (C=O) groups excluding carboxylic acids is 1. The van der Waals surface area contributed by atoms with E-state index in [-0.39, 0.29) is 31.0 Å². The SMILES string of the molecule is N#C[C@@]1(C2CC(C(N)=O)Cc3c2c(-c2cncc(OC(F)F)c2)nn3-c2ccc(F)cn2)CCOC1. The summed E-state index contributed by atoms with van der Waals surface area (Å²) < 4.78 is 50.9. The number of hydrogen-bond donors (Lipinski definition) is 1. The van der Waals surface area contributed by atoms with Crippen LogP contribution in [0.25, 0.3) is 17.1 Å². The molecule has 5 rings (SSSR count). The van der Waals surface area contributed by atoms with E-state index in [0.29, 0.717) is 35.5 Å². The van der Waals surface area contributed by atoms with E-state index in [2.05, 4.69) is 20.8 Å². The number of nitriles is 1. The summed E-state index contributed by atoms with van der Waals surface area (Å²) in [6.45, 7) is -2.51. The first-order chi connectivity index (χ1) is 17.3. The average molecular weight is 498 g/mol. The molecule has 12 heteroatoms. The Balaban J connectivity index is 1.75. The number of pyridine rings is 2. The van der Waals surface area contributed by atoms with Crippen molar-refractivity contribution in [3.8, 4) is 28.9 Å². The number of nitrogens with zero attached hydrogens (tertiary/aromatic N) is 5. The van der Waals surface area contributed by atoms with Crippen molar-refractivity contribution < 1.29 is 27.4 Å². The van der Waals surface area contributed by atoms with Crippen molar-refractivity contribution in [3.63, 3.8) is 0 Å². The third-order valence-electron chi connectivity index (χ3n) is 6.81. The molecule has 0 bridgehead atoms. The summed E-state index contributed by atoms with van der Waals surface area (Å²) in [6.07, 6.45) is 4.57. The number of aromatic nitrogens is 4. The second-order valence-corrected chi connectivity index (χ2v) is 8.91. The number of amides is 1. The van der Waals surface area contributed by atoms with E-state index < -0.39 is 35.6 Å². The van der Waals surface area contributed by atoms with Crippen LogP contribution >= 0.6 is 0 Å². The van der Waals surface area contributed by atoms with Crippen LogP contribution in [-0.4, -0.2) is 45.5 Å². The zero-order valence-corrected chi connectivity index (χ0v) is 18.9. The number of rotatable bonds is 6. The largest absolute Gasteiger partial charge is 0.433 e. The molecule has 1 fully saturated rings. The molecule has 0 radical (unpaired) electrons. The lowest BCUT2D eigenvalue weighted by atomic mass is 9.64. The van der Waals surface area contributed by atoms with Crippen LogP contribution in [0.1, 0.15) is 30.0 Å². The van der Waals surface area contributed by atoms with Crippen molar-refractivity contribution in [2.24, 2.45) is 17.1 Å². The molecule has 3 aromatic rings. The molecule has 3 atom stereocenters. The van der Waals surface area contributed by atoms with Gasteiger partial charge in [-0.1, -0.05) is 0 Å². The Morgan fingerprint density at radius 3 is 2.81 bits per heavy atom. The van der Waals surface area contributed by atoms with Crippen LogP contribution in [0.4, 0.5) is 13.2 Å². The van der Waals surface area contributed by atoms with E-state index in [1.165, 1.54) is 29.1 Å². The highest BCUT2D eigenvalue weighted by Crippen LogP contribution is 2.52. The van der Waals surface area contributed by atoms with E-state index in [0.717, 1.165) is 12.4 Å². The van der Waals surface area contributed by atoms with Gasteiger partial charge in [0.1, 0.15) is 11.6 Å². The van der Waals surface area contributed by atoms with Gasteiger partial charge in [0.05, 0.1) is 41.9 Å². The molecule has 1 saturated heterocycles. The predicted octanol–water partition coefficient (Wildman–Crippen LogP) is 3.13. The molecule has 9 nitrogen and oxygen atoms in total. The lowest BCUT2D eigenvalue weighted by Gasteiger charge is -2.36. The Morgan fingerprint density at radius 1 is 1.33 bits per heavy atom. The van der Waals surface area contributed by atoms with Gasteiger partial charge >= 0.3 is 6.61 Å². The monoisotopic (exact) mass is 498 g/mol. The van der Waals surface area contributed by atoms with E-state index >= 15 is 0 Å². The summed E-state index contributed by atoms with van der Waals surface area (Å²) in [5.41, 5.74) is 6.74. The Morgan fingerprint density at radius 2 is 2.17 bits per heavy atom. The second kappa shape index (κ2) is 9.23. The number of alkyl halides is 2. The van der Waals surface area contributed by atoms with Crippen LogP contribution in [0, 0.1) is 28.5 Å². The second-order valence-electron chi connectivity index (χ2n) is 8.91. The fourth-order valence-corrected chi connectivity index (χ4v) is 5.10. The van der Waals surface area contributed by atoms with E-state index in [1.54, 1.807) is 0 Å². The summed E-state index contributed by atoms with van der Waals surface area (Å²) in [7, 11) is 0. The van der Waals surface area contributed by atoms with Crippen LogP contribution in [0.2, 0.25) is 0 Å². The average Bonchev–Trinajstić information content (AvgIpc) is 3.50. The number of nitrogens with two attached hydrogens (primary N) is 1. The molecule has 3 aromatic heterocycles. The van der Waals surface area contributed by atoms with E-state index in [9.17, 15) is 23.2 Å². The first kappa shape index (κ1) is 23.7. The van der Waals surface area contributed by atoms with Crippen molar-refractivity contribution in [2.75, 3.05) is 13.2 Å². The van der Waals surface area contributed by atoms with Crippen LogP contribution in [0.3, 0.4) is 0 Å². The Bertz CT molecular complexity index is 1330. The van der Waals surface area contributed by atoms with Crippen LogP contribution in [0.5, 0.6) is 5.75 Å². The summed E-state index contributed by atoms with van der Waals surface area (Å²) in [6, 6.07) is 6.44. The van der Waals surface area contributed by atoms with Gasteiger partial charge in [0.25, 0.3) is 0 Å². The Hall–Kier alpha value is -3.98. The fraction of sp³-hybridized carbons (Fsp3) is 0.375. The molecule has 0 spiro atoms. The van der Waals surface area contributed by atoms with Gasteiger partial charge in [0.2, 0.25) is 5.91 Å². The standard InChI is InChI=1S/C24H21F3N6O3/c25-15-1-2-19(31-9-15)33-18-7-13(22(29)34)6-17(24(11-28)3-4-35-12-24)20(18)21(32-33)14-5-16(10-30-8-14)36-23(26)27/h1-2,5,8-10,13,17,23H,3-4,6-7,12H2,(H2,29,34)/t13?,17?,24-/m0/s1. The number of hydrogen-bond acceptors (Lipinski definition) is 7. The number of halogens is 3. The van der Waals surface area contributed by atoms with Crippen molar-refractivity contribution >= 4 is 5.91 Å². The molecular formula is C24H21F3N6O3. The third-order valence-corrected chi connectivity index (χ3v) is 6.81.